The molecule has 4 nitrogen and oxygen atoms in total. The van der Waals surface area contributed by atoms with Gasteiger partial charge in [-0.2, -0.15) is 5.10 Å². The molecule has 0 amide bonds. The fraction of sp³-hybridized carbons (Fsp3) is 0.316. The van der Waals surface area contributed by atoms with E-state index in [1.807, 2.05) is 36.5 Å². The predicted molar refractivity (Wildman–Crippen MR) is 96.5 cm³/mol. The number of hydrogen-bond donors (Lipinski definition) is 1. The molecule has 5 heteroatoms. The topological polar surface area (TPSA) is 41.1 Å². The van der Waals surface area contributed by atoms with Crippen molar-refractivity contribution >= 4 is 22.5 Å². The van der Waals surface area contributed by atoms with E-state index in [0.29, 0.717) is 0 Å². The third-order valence-corrected chi connectivity index (χ3v) is 4.71. The molecule has 0 bridgehead atoms. The Bertz CT molecular complexity index is 832. The molecular formula is C19H20ClN3O. The number of aromatic amines is 1. The number of nitrogens with zero attached hydrogens (tertiary/aromatic N) is 2. The van der Waals surface area contributed by atoms with Crippen LogP contribution in [0.1, 0.15) is 18.4 Å². The van der Waals surface area contributed by atoms with Crippen LogP contribution < -0.4 is 4.74 Å². The molecule has 4 rings (SSSR count). The standard InChI is InChI=1S/C19H20ClN3O/c20-16-4-1-3-14(9-16)12-23-8-2-5-18(13-23)24-17-6-7-19-15(10-17)11-21-22-19/h1,3-4,6-7,9-11,18H,2,5,8,12-13H2,(H,21,22). The van der Waals surface area contributed by atoms with Crippen LogP contribution in [-0.4, -0.2) is 34.3 Å². The van der Waals surface area contributed by atoms with Crippen molar-refractivity contribution in [2.75, 3.05) is 13.1 Å². The number of rotatable bonds is 4. The Morgan fingerprint density at radius 3 is 3.12 bits per heavy atom. The number of halogens is 1. The van der Waals surface area contributed by atoms with E-state index in [9.17, 15) is 0 Å². The number of ether oxygens (including phenoxy) is 1. The van der Waals surface area contributed by atoms with E-state index in [-0.39, 0.29) is 6.10 Å². The molecule has 1 N–H and O–H groups in total. The molecule has 1 atom stereocenters. The smallest absolute Gasteiger partial charge is 0.120 e. The second kappa shape index (κ2) is 6.83. The molecule has 1 aliphatic heterocycles. The Hall–Kier alpha value is -2.04. The highest BCUT2D eigenvalue weighted by molar-refractivity contribution is 6.30. The summed E-state index contributed by atoms with van der Waals surface area (Å²) in [6.07, 6.45) is 4.30. The molecule has 0 saturated carbocycles. The number of likely N-dealkylation sites (tertiary alicyclic amines) is 1. The number of benzene rings is 2. The number of fused-ring (bicyclic) bond motifs is 1. The van der Waals surface area contributed by atoms with Crippen molar-refractivity contribution in [1.29, 1.82) is 0 Å². The van der Waals surface area contributed by atoms with Gasteiger partial charge in [0.1, 0.15) is 11.9 Å². The summed E-state index contributed by atoms with van der Waals surface area (Å²) in [5.74, 6) is 0.915. The molecule has 1 saturated heterocycles. The second-order valence-electron chi connectivity index (χ2n) is 6.37. The molecule has 0 radical (unpaired) electrons. The van der Waals surface area contributed by atoms with Crippen molar-refractivity contribution < 1.29 is 4.74 Å². The van der Waals surface area contributed by atoms with E-state index in [2.05, 4.69) is 27.2 Å². The van der Waals surface area contributed by atoms with E-state index in [4.69, 9.17) is 16.3 Å². The minimum absolute atomic E-state index is 0.224. The maximum absolute atomic E-state index is 6.22. The summed E-state index contributed by atoms with van der Waals surface area (Å²) >= 11 is 6.09. The fourth-order valence-electron chi connectivity index (χ4n) is 3.33. The first-order chi connectivity index (χ1) is 11.8. The summed E-state index contributed by atoms with van der Waals surface area (Å²) in [4.78, 5) is 2.44. The Morgan fingerprint density at radius 2 is 2.21 bits per heavy atom. The van der Waals surface area contributed by atoms with Gasteiger partial charge in [-0.15, -0.1) is 0 Å². The Balaban J connectivity index is 1.40. The van der Waals surface area contributed by atoms with E-state index >= 15 is 0 Å². The van der Waals surface area contributed by atoms with Crippen LogP contribution in [0.3, 0.4) is 0 Å². The van der Waals surface area contributed by atoms with Crippen LogP contribution in [0.4, 0.5) is 0 Å². The van der Waals surface area contributed by atoms with Gasteiger partial charge in [0.2, 0.25) is 0 Å². The summed E-state index contributed by atoms with van der Waals surface area (Å²) in [6, 6.07) is 14.2. The molecule has 124 valence electrons. The van der Waals surface area contributed by atoms with Gasteiger partial charge in [-0.3, -0.25) is 10.00 Å². The molecule has 1 unspecified atom stereocenters. The molecule has 0 aliphatic carbocycles. The number of hydrogen-bond acceptors (Lipinski definition) is 3. The zero-order chi connectivity index (χ0) is 16.4. The number of nitrogens with one attached hydrogen (secondary N) is 1. The van der Waals surface area contributed by atoms with Gasteiger partial charge in [0, 0.05) is 23.5 Å². The summed E-state index contributed by atoms with van der Waals surface area (Å²) < 4.78 is 6.22. The molecule has 3 aromatic rings. The van der Waals surface area contributed by atoms with Crippen molar-refractivity contribution in [1.82, 2.24) is 15.1 Å². The van der Waals surface area contributed by atoms with Crippen LogP contribution in [-0.2, 0) is 6.54 Å². The van der Waals surface area contributed by atoms with E-state index in [1.54, 1.807) is 0 Å². The summed E-state index contributed by atoms with van der Waals surface area (Å²) in [5.41, 5.74) is 2.29. The first-order valence-electron chi connectivity index (χ1n) is 8.33. The molecular weight excluding hydrogens is 322 g/mol. The maximum atomic E-state index is 6.22. The van der Waals surface area contributed by atoms with Gasteiger partial charge < -0.3 is 4.74 Å². The van der Waals surface area contributed by atoms with Crippen LogP contribution in [0.15, 0.2) is 48.7 Å². The number of H-pyrrole nitrogens is 1. The first kappa shape index (κ1) is 15.5. The van der Waals surface area contributed by atoms with Gasteiger partial charge >= 0.3 is 0 Å². The van der Waals surface area contributed by atoms with Crippen molar-refractivity contribution in [3.63, 3.8) is 0 Å². The second-order valence-corrected chi connectivity index (χ2v) is 6.80. The third kappa shape index (κ3) is 3.55. The molecule has 1 fully saturated rings. The monoisotopic (exact) mass is 341 g/mol. The van der Waals surface area contributed by atoms with Crippen molar-refractivity contribution in [2.24, 2.45) is 0 Å². The van der Waals surface area contributed by atoms with Crippen LogP contribution in [0, 0.1) is 0 Å². The van der Waals surface area contributed by atoms with Gasteiger partial charge in [-0.05, 0) is 55.3 Å². The van der Waals surface area contributed by atoms with Gasteiger partial charge in [0.15, 0.2) is 0 Å². The normalized spacial score (nSPS) is 18.8. The number of aromatic nitrogens is 2. The van der Waals surface area contributed by atoms with E-state index in [1.165, 1.54) is 5.56 Å². The van der Waals surface area contributed by atoms with Crippen LogP contribution in [0.5, 0.6) is 5.75 Å². The Kier molecular flexibility index (Phi) is 4.41. The summed E-state index contributed by atoms with van der Waals surface area (Å²) in [6.45, 7) is 2.96. The lowest BCUT2D eigenvalue weighted by atomic mass is 10.1. The molecule has 2 aromatic carbocycles. The summed E-state index contributed by atoms with van der Waals surface area (Å²) in [7, 11) is 0. The van der Waals surface area contributed by atoms with E-state index in [0.717, 1.165) is 54.2 Å². The van der Waals surface area contributed by atoms with Crippen molar-refractivity contribution in [2.45, 2.75) is 25.5 Å². The SMILES string of the molecule is Clc1cccc(CN2CCCC(Oc3ccc4[nH]ncc4c3)C2)c1. The average molecular weight is 342 g/mol. The van der Waals surface area contributed by atoms with Crippen LogP contribution in [0.25, 0.3) is 10.9 Å². The zero-order valence-electron chi connectivity index (χ0n) is 13.4. The highest BCUT2D eigenvalue weighted by Gasteiger charge is 2.21. The lowest BCUT2D eigenvalue weighted by Crippen LogP contribution is -2.40. The Morgan fingerprint density at radius 1 is 1.25 bits per heavy atom. The fourth-order valence-corrected chi connectivity index (χ4v) is 3.55. The van der Waals surface area contributed by atoms with E-state index < -0.39 is 0 Å². The number of piperidine rings is 1. The molecule has 0 spiro atoms. The predicted octanol–water partition coefficient (Wildman–Crippen LogP) is 4.26. The van der Waals surface area contributed by atoms with Gasteiger partial charge in [-0.25, -0.2) is 0 Å². The Labute approximate surface area is 146 Å². The third-order valence-electron chi connectivity index (χ3n) is 4.47. The molecule has 1 aromatic heterocycles. The molecule has 1 aliphatic rings. The minimum atomic E-state index is 0.224. The highest BCUT2D eigenvalue weighted by Crippen LogP contribution is 2.23. The van der Waals surface area contributed by atoms with Gasteiger partial charge in [-0.1, -0.05) is 23.7 Å². The first-order valence-corrected chi connectivity index (χ1v) is 8.71. The molecule has 2 heterocycles. The summed E-state index contributed by atoms with van der Waals surface area (Å²) in [5, 5.41) is 8.90. The van der Waals surface area contributed by atoms with Crippen LogP contribution >= 0.6 is 11.6 Å². The maximum Gasteiger partial charge on any atom is 0.120 e. The van der Waals surface area contributed by atoms with Crippen LogP contribution in [0.2, 0.25) is 5.02 Å². The lowest BCUT2D eigenvalue weighted by Gasteiger charge is -2.33. The van der Waals surface area contributed by atoms with Gasteiger partial charge in [0.05, 0.1) is 11.7 Å². The molecule has 24 heavy (non-hydrogen) atoms. The lowest BCUT2D eigenvalue weighted by molar-refractivity contribution is 0.0844. The van der Waals surface area contributed by atoms with Crippen molar-refractivity contribution in [3.8, 4) is 5.75 Å². The largest absolute Gasteiger partial charge is 0.489 e. The minimum Gasteiger partial charge on any atom is -0.489 e. The quantitative estimate of drug-likeness (QED) is 0.771. The zero-order valence-corrected chi connectivity index (χ0v) is 14.2. The van der Waals surface area contributed by atoms with Crippen molar-refractivity contribution in [3.05, 3.63) is 59.2 Å². The average Bonchev–Trinajstić information content (AvgIpc) is 3.03. The highest BCUT2D eigenvalue weighted by atomic mass is 35.5. The van der Waals surface area contributed by atoms with Gasteiger partial charge in [0.25, 0.3) is 0 Å².